The normalized spacial score (nSPS) is 25.8. The number of nitrogens with zero attached hydrogens (tertiary/aromatic N) is 2. The molecule has 3 nitrogen and oxygen atoms in total. The van der Waals surface area contributed by atoms with Crippen LogP contribution in [-0.2, 0) is 0 Å². The lowest BCUT2D eigenvalue weighted by Crippen LogP contribution is -2.14. The zero-order chi connectivity index (χ0) is 11.2. The molecule has 16 heavy (non-hydrogen) atoms. The van der Waals surface area contributed by atoms with Crippen molar-refractivity contribution in [3.05, 3.63) is 12.2 Å². The molecule has 1 heterocycles. The molecule has 1 aromatic rings. The molecule has 90 valence electrons. The van der Waals surface area contributed by atoms with Gasteiger partial charge in [0.1, 0.15) is 0 Å². The average molecular weight is 222 g/mol. The molecule has 0 atom stereocenters. The van der Waals surface area contributed by atoms with Gasteiger partial charge in [0.25, 0.3) is 0 Å². The predicted molar refractivity (Wildman–Crippen MR) is 63.1 cm³/mol. The number of hydrogen-bond donors (Lipinski definition) is 0. The molecule has 0 aromatic carbocycles. The lowest BCUT2D eigenvalue weighted by molar-refractivity contribution is 0.291. The molecular formula is C13H22N2O. The van der Waals surface area contributed by atoms with E-state index in [1.165, 1.54) is 57.8 Å². The summed E-state index contributed by atoms with van der Waals surface area (Å²) < 4.78 is 4.81. The van der Waals surface area contributed by atoms with Crippen LogP contribution in [0.2, 0.25) is 0 Å². The van der Waals surface area contributed by atoms with Crippen molar-refractivity contribution in [3.63, 3.8) is 0 Å². The Morgan fingerprint density at radius 3 is 2.69 bits per heavy atom. The molecule has 0 spiro atoms. The monoisotopic (exact) mass is 222 g/mol. The van der Waals surface area contributed by atoms with Crippen LogP contribution in [0.3, 0.4) is 0 Å². The Kier molecular flexibility index (Phi) is 4.37. The highest BCUT2D eigenvalue weighted by Crippen LogP contribution is 2.36. The second-order valence-corrected chi connectivity index (χ2v) is 5.00. The van der Waals surface area contributed by atoms with Gasteiger partial charge in [0.05, 0.1) is 0 Å². The van der Waals surface area contributed by atoms with E-state index in [2.05, 4.69) is 17.1 Å². The molecule has 3 heteroatoms. The van der Waals surface area contributed by atoms with Gasteiger partial charge in [-0.15, -0.1) is 0 Å². The Morgan fingerprint density at radius 1 is 1.25 bits per heavy atom. The maximum absolute atomic E-state index is 4.81. The smallest absolute Gasteiger partial charge is 0.213 e. The van der Waals surface area contributed by atoms with Gasteiger partial charge in [-0.05, 0) is 31.6 Å². The maximum Gasteiger partial charge on any atom is 0.213 e. The zero-order valence-corrected chi connectivity index (χ0v) is 10.2. The van der Waals surface area contributed by atoms with E-state index in [4.69, 9.17) is 4.52 Å². The fraction of sp³-hybridized carbons (Fsp3) is 0.846. The van der Waals surface area contributed by atoms with Crippen molar-refractivity contribution in [2.24, 2.45) is 5.92 Å². The van der Waals surface area contributed by atoms with Gasteiger partial charge in [0.15, 0.2) is 5.82 Å². The molecule has 2 rings (SSSR count). The molecule has 0 bridgehead atoms. The molecule has 1 aliphatic carbocycles. The van der Waals surface area contributed by atoms with Crippen LogP contribution in [0.5, 0.6) is 0 Å². The molecule has 1 aliphatic rings. The second kappa shape index (κ2) is 6.02. The first-order chi connectivity index (χ1) is 7.90. The topological polar surface area (TPSA) is 38.9 Å². The van der Waals surface area contributed by atoms with E-state index in [9.17, 15) is 0 Å². The summed E-state index contributed by atoms with van der Waals surface area (Å²) in [6.07, 6.45) is 12.2. The summed E-state index contributed by atoms with van der Waals surface area (Å²) in [7, 11) is 0. The SMILES string of the molecule is CCCCCC1CCC(c2ncon2)CC1. The maximum atomic E-state index is 4.81. The van der Waals surface area contributed by atoms with Gasteiger partial charge < -0.3 is 4.52 Å². The minimum atomic E-state index is 0.557. The van der Waals surface area contributed by atoms with E-state index >= 15 is 0 Å². The van der Waals surface area contributed by atoms with Crippen LogP contribution in [0.15, 0.2) is 10.9 Å². The van der Waals surface area contributed by atoms with E-state index < -0.39 is 0 Å². The van der Waals surface area contributed by atoms with E-state index in [0.717, 1.165) is 11.7 Å². The summed E-state index contributed by atoms with van der Waals surface area (Å²) in [5.74, 6) is 2.43. The quantitative estimate of drug-likeness (QED) is 0.709. The number of rotatable bonds is 5. The first-order valence-corrected chi connectivity index (χ1v) is 6.66. The fourth-order valence-corrected chi connectivity index (χ4v) is 2.75. The molecule has 1 fully saturated rings. The standard InChI is InChI=1S/C13H22N2O/c1-2-3-4-5-11-6-8-12(9-7-11)13-14-10-16-15-13/h10-12H,2-9H2,1H3. The molecule has 0 N–H and O–H groups in total. The summed E-state index contributed by atoms with van der Waals surface area (Å²) in [6.45, 7) is 2.27. The Bertz CT molecular complexity index is 276. The first-order valence-electron chi connectivity index (χ1n) is 6.66. The highest BCUT2D eigenvalue weighted by Gasteiger charge is 2.24. The van der Waals surface area contributed by atoms with Gasteiger partial charge in [0, 0.05) is 5.92 Å². The van der Waals surface area contributed by atoms with E-state index in [-0.39, 0.29) is 0 Å². The Morgan fingerprint density at radius 2 is 2.06 bits per heavy atom. The van der Waals surface area contributed by atoms with Crippen molar-refractivity contribution in [2.75, 3.05) is 0 Å². The van der Waals surface area contributed by atoms with Gasteiger partial charge >= 0.3 is 0 Å². The summed E-state index contributed by atoms with van der Waals surface area (Å²) in [5.41, 5.74) is 0. The third-order valence-electron chi connectivity index (χ3n) is 3.81. The number of hydrogen-bond acceptors (Lipinski definition) is 3. The van der Waals surface area contributed by atoms with Crippen LogP contribution in [0.1, 0.15) is 70.0 Å². The molecule has 1 aromatic heterocycles. The van der Waals surface area contributed by atoms with Crippen LogP contribution in [0.25, 0.3) is 0 Å². The van der Waals surface area contributed by atoms with Crippen molar-refractivity contribution in [2.45, 2.75) is 64.2 Å². The summed E-state index contributed by atoms with van der Waals surface area (Å²) >= 11 is 0. The Hall–Kier alpha value is -0.860. The molecule has 1 saturated carbocycles. The fourth-order valence-electron chi connectivity index (χ4n) is 2.75. The van der Waals surface area contributed by atoms with Crippen LogP contribution < -0.4 is 0 Å². The third kappa shape index (κ3) is 3.06. The Labute approximate surface area is 97.6 Å². The van der Waals surface area contributed by atoms with Gasteiger partial charge in [-0.3, -0.25) is 0 Å². The largest absolute Gasteiger partial charge is 0.343 e. The van der Waals surface area contributed by atoms with Crippen molar-refractivity contribution in [1.29, 1.82) is 0 Å². The zero-order valence-electron chi connectivity index (χ0n) is 10.2. The van der Waals surface area contributed by atoms with Crippen LogP contribution in [0, 0.1) is 5.92 Å². The van der Waals surface area contributed by atoms with Gasteiger partial charge in [-0.2, -0.15) is 4.98 Å². The van der Waals surface area contributed by atoms with E-state index in [1.54, 1.807) is 0 Å². The second-order valence-electron chi connectivity index (χ2n) is 5.00. The van der Waals surface area contributed by atoms with Crippen molar-refractivity contribution < 1.29 is 4.52 Å². The summed E-state index contributed by atoms with van der Waals surface area (Å²) in [5, 5.41) is 3.95. The summed E-state index contributed by atoms with van der Waals surface area (Å²) in [6, 6.07) is 0. The number of aromatic nitrogens is 2. The minimum absolute atomic E-state index is 0.557. The van der Waals surface area contributed by atoms with Gasteiger partial charge in [0.2, 0.25) is 6.39 Å². The predicted octanol–water partition coefficient (Wildman–Crippen LogP) is 3.92. The number of unbranched alkanes of at least 4 members (excludes halogenated alkanes) is 2. The summed E-state index contributed by atoms with van der Waals surface area (Å²) in [4.78, 5) is 4.16. The van der Waals surface area contributed by atoms with Crippen molar-refractivity contribution in [1.82, 2.24) is 10.1 Å². The lowest BCUT2D eigenvalue weighted by Gasteiger charge is -2.26. The van der Waals surface area contributed by atoms with Crippen LogP contribution in [-0.4, -0.2) is 10.1 Å². The molecule has 0 unspecified atom stereocenters. The highest BCUT2D eigenvalue weighted by molar-refractivity contribution is 4.94. The Balaban J connectivity index is 1.70. The third-order valence-corrected chi connectivity index (χ3v) is 3.81. The van der Waals surface area contributed by atoms with Crippen LogP contribution >= 0.6 is 0 Å². The lowest BCUT2D eigenvalue weighted by atomic mass is 9.79. The molecule has 0 radical (unpaired) electrons. The van der Waals surface area contributed by atoms with Crippen LogP contribution in [0.4, 0.5) is 0 Å². The molecule has 0 saturated heterocycles. The average Bonchev–Trinajstić information content (AvgIpc) is 2.84. The van der Waals surface area contributed by atoms with Crippen molar-refractivity contribution >= 4 is 0 Å². The van der Waals surface area contributed by atoms with Gasteiger partial charge in [-0.1, -0.05) is 37.8 Å². The molecule has 0 aliphatic heterocycles. The van der Waals surface area contributed by atoms with E-state index in [0.29, 0.717) is 5.92 Å². The van der Waals surface area contributed by atoms with Gasteiger partial charge in [-0.25, -0.2) is 0 Å². The molecule has 0 amide bonds. The highest BCUT2D eigenvalue weighted by atomic mass is 16.5. The van der Waals surface area contributed by atoms with E-state index in [1.807, 2.05) is 0 Å². The minimum Gasteiger partial charge on any atom is -0.343 e. The first kappa shape index (κ1) is 11.6. The van der Waals surface area contributed by atoms with Crippen molar-refractivity contribution in [3.8, 4) is 0 Å². The molecular weight excluding hydrogens is 200 g/mol.